The Balaban J connectivity index is 0.00000529. The van der Waals surface area contributed by atoms with E-state index in [4.69, 9.17) is 0 Å². The third kappa shape index (κ3) is 8.29. The molecule has 138 valence electrons. The number of benzene rings is 1. The van der Waals surface area contributed by atoms with Gasteiger partial charge in [0.15, 0.2) is 5.96 Å². The molecule has 1 rings (SSSR count). The molecule has 0 heterocycles. The smallest absolute Gasteiger partial charge is 0.215 e. The fourth-order valence-corrected chi connectivity index (χ4v) is 3.55. The van der Waals surface area contributed by atoms with Crippen molar-refractivity contribution in [1.82, 2.24) is 14.9 Å². The average molecular weight is 468 g/mol. The van der Waals surface area contributed by atoms with E-state index in [1.807, 2.05) is 51.1 Å². The standard InChI is InChI=1S/C16H28N4O2S.HI/c1-4-17-16(19-14-15-10-8-7-9-11-15)18-12-13-23(21,22)20(5-2)6-3;/h7-11H,4-6,12-14H2,1-3H3,(H2,17,18,19);1H. The molecule has 0 bridgehead atoms. The van der Waals surface area contributed by atoms with E-state index in [1.165, 1.54) is 4.31 Å². The number of sulfonamides is 1. The van der Waals surface area contributed by atoms with Crippen molar-refractivity contribution in [3.8, 4) is 0 Å². The van der Waals surface area contributed by atoms with Crippen LogP contribution in [0.5, 0.6) is 0 Å². The Morgan fingerprint density at radius 2 is 1.71 bits per heavy atom. The molecule has 0 saturated heterocycles. The van der Waals surface area contributed by atoms with E-state index in [-0.39, 0.29) is 29.7 Å². The van der Waals surface area contributed by atoms with Gasteiger partial charge in [-0.1, -0.05) is 44.2 Å². The zero-order chi connectivity index (χ0) is 17.1. The normalized spacial score (nSPS) is 11.9. The first-order valence-electron chi connectivity index (χ1n) is 8.07. The number of hydrogen-bond donors (Lipinski definition) is 2. The summed E-state index contributed by atoms with van der Waals surface area (Å²) in [5, 5.41) is 6.21. The van der Waals surface area contributed by atoms with Crippen LogP contribution in [0.1, 0.15) is 26.3 Å². The molecule has 8 heteroatoms. The molecule has 1 aromatic rings. The van der Waals surface area contributed by atoms with Crippen LogP contribution in [0.25, 0.3) is 0 Å². The highest BCUT2D eigenvalue weighted by Crippen LogP contribution is 2.01. The molecule has 0 unspecified atom stereocenters. The Morgan fingerprint density at radius 1 is 1.08 bits per heavy atom. The molecule has 2 N–H and O–H groups in total. The molecular weight excluding hydrogens is 439 g/mol. The maximum atomic E-state index is 12.1. The number of rotatable bonds is 9. The van der Waals surface area contributed by atoms with Crippen molar-refractivity contribution in [3.05, 3.63) is 35.9 Å². The second-order valence-corrected chi connectivity index (χ2v) is 7.10. The number of nitrogens with zero attached hydrogens (tertiary/aromatic N) is 2. The van der Waals surface area contributed by atoms with Gasteiger partial charge in [-0.2, -0.15) is 0 Å². The Labute approximate surface area is 163 Å². The number of halogens is 1. The monoisotopic (exact) mass is 468 g/mol. The third-order valence-electron chi connectivity index (χ3n) is 3.36. The predicted octanol–water partition coefficient (Wildman–Crippen LogP) is 2.03. The summed E-state index contributed by atoms with van der Waals surface area (Å²) in [6.45, 7) is 8.29. The van der Waals surface area contributed by atoms with E-state index in [0.29, 0.717) is 32.1 Å². The molecule has 0 radical (unpaired) electrons. The first-order chi connectivity index (χ1) is 11.0. The highest BCUT2D eigenvalue weighted by molar-refractivity contribution is 14.0. The molecule has 6 nitrogen and oxygen atoms in total. The minimum atomic E-state index is -3.21. The fourth-order valence-electron chi connectivity index (χ4n) is 2.14. The van der Waals surface area contributed by atoms with Gasteiger partial charge >= 0.3 is 0 Å². The van der Waals surface area contributed by atoms with Gasteiger partial charge in [0.05, 0.1) is 12.3 Å². The van der Waals surface area contributed by atoms with E-state index in [0.717, 1.165) is 12.1 Å². The van der Waals surface area contributed by atoms with Gasteiger partial charge in [0.25, 0.3) is 0 Å². The van der Waals surface area contributed by atoms with Gasteiger partial charge in [0, 0.05) is 26.2 Å². The van der Waals surface area contributed by atoms with E-state index >= 15 is 0 Å². The molecule has 1 aromatic carbocycles. The first kappa shape index (κ1) is 23.1. The summed E-state index contributed by atoms with van der Waals surface area (Å²) in [5.41, 5.74) is 1.11. The van der Waals surface area contributed by atoms with Crippen LogP contribution in [0, 0.1) is 0 Å². The van der Waals surface area contributed by atoms with E-state index in [2.05, 4.69) is 15.6 Å². The largest absolute Gasteiger partial charge is 0.357 e. The fraction of sp³-hybridized carbons (Fsp3) is 0.562. The zero-order valence-corrected chi connectivity index (χ0v) is 17.8. The van der Waals surface area contributed by atoms with Gasteiger partial charge in [0.2, 0.25) is 10.0 Å². The van der Waals surface area contributed by atoms with Crippen LogP contribution in [0.3, 0.4) is 0 Å². The summed E-state index contributed by atoms with van der Waals surface area (Å²) >= 11 is 0. The lowest BCUT2D eigenvalue weighted by Crippen LogP contribution is -2.42. The predicted molar refractivity (Wildman–Crippen MR) is 111 cm³/mol. The van der Waals surface area contributed by atoms with Crippen LogP contribution in [0.4, 0.5) is 0 Å². The highest BCUT2D eigenvalue weighted by Gasteiger charge is 2.18. The second kappa shape index (κ2) is 12.5. The Kier molecular flexibility index (Phi) is 12.0. The second-order valence-electron chi connectivity index (χ2n) is 5.01. The van der Waals surface area contributed by atoms with Crippen molar-refractivity contribution in [3.63, 3.8) is 0 Å². The average Bonchev–Trinajstić information content (AvgIpc) is 2.54. The third-order valence-corrected chi connectivity index (χ3v) is 5.38. The lowest BCUT2D eigenvalue weighted by atomic mass is 10.2. The van der Waals surface area contributed by atoms with Gasteiger partial charge in [-0.05, 0) is 12.5 Å². The van der Waals surface area contributed by atoms with Gasteiger partial charge < -0.3 is 10.6 Å². The van der Waals surface area contributed by atoms with Gasteiger partial charge in [-0.3, -0.25) is 0 Å². The molecule has 0 aliphatic rings. The van der Waals surface area contributed by atoms with Crippen molar-refractivity contribution in [1.29, 1.82) is 0 Å². The highest BCUT2D eigenvalue weighted by atomic mass is 127. The number of nitrogens with one attached hydrogen (secondary N) is 2. The lowest BCUT2D eigenvalue weighted by molar-refractivity contribution is 0.445. The van der Waals surface area contributed by atoms with E-state index < -0.39 is 10.0 Å². The van der Waals surface area contributed by atoms with Crippen LogP contribution >= 0.6 is 24.0 Å². The molecule has 0 saturated carbocycles. The molecule has 0 fully saturated rings. The van der Waals surface area contributed by atoms with Gasteiger partial charge in [-0.25, -0.2) is 17.7 Å². The molecule has 0 aliphatic carbocycles. The van der Waals surface area contributed by atoms with Gasteiger partial charge in [0.1, 0.15) is 0 Å². The van der Waals surface area contributed by atoms with Crippen LogP contribution in [0.15, 0.2) is 35.3 Å². The molecule has 0 aromatic heterocycles. The van der Waals surface area contributed by atoms with Crippen LogP contribution in [-0.4, -0.2) is 50.6 Å². The lowest BCUT2D eigenvalue weighted by Gasteiger charge is -2.19. The maximum absolute atomic E-state index is 12.1. The van der Waals surface area contributed by atoms with E-state index in [9.17, 15) is 8.42 Å². The minimum absolute atomic E-state index is 0. The number of aliphatic imine (C=N–C) groups is 1. The molecule has 24 heavy (non-hydrogen) atoms. The first-order valence-corrected chi connectivity index (χ1v) is 9.68. The summed E-state index contributed by atoms with van der Waals surface area (Å²) in [4.78, 5) is 4.47. The molecule has 0 amide bonds. The zero-order valence-electron chi connectivity index (χ0n) is 14.7. The van der Waals surface area contributed by atoms with Crippen LogP contribution in [-0.2, 0) is 16.6 Å². The summed E-state index contributed by atoms with van der Waals surface area (Å²) in [7, 11) is -3.21. The molecule has 0 atom stereocenters. The van der Waals surface area contributed by atoms with Crippen LogP contribution < -0.4 is 10.6 Å². The van der Waals surface area contributed by atoms with Crippen molar-refractivity contribution in [2.75, 3.05) is 31.9 Å². The molecular formula is C16H29IN4O2S. The van der Waals surface area contributed by atoms with Crippen molar-refractivity contribution < 1.29 is 8.42 Å². The Hall–Kier alpha value is -0.870. The maximum Gasteiger partial charge on any atom is 0.215 e. The van der Waals surface area contributed by atoms with Gasteiger partial charge in [-0.15, -0.1) is 24.0 Å². The Morgan fingerprint density at radius 3 is 2.25 bits per heavy atom. The number of hydrogen-bond acceptors (Lipinski definition) is 3. The van der Waals surface area contributed by atoms with E-state index in [1.54, 1.807) is 0 Å². The quantitative estimate of drug-likeness (QED) is 0.331. The summed E-state index contributed by atoms with van der Waals surface area (Å²) < 4.78 is 25.7. The topological polar surface area (TPSA) is 73.8 Å². The van der Waals surface area contributed by atoms with Crippen molar-refractivity contribution in [2.24, 2.45) is 4.99 Å². The minimum Gasteiger partial charge on any atom is -0.357 e. The summed E-state index contributed by atoms with van der Waals surface area (Å²) in [6, 6.07) is 9.94. The summed E-state index contributed by atoms with van der Waals surface area (Å²) in [6.07, 6.45) is 0. The number of guanidine groups is 1. The Bertz CT molecular complexity index is 575. The SMILES string of the molecule is CCNC(=NCc1ccccc1)NCCS(=O)(=O)N(CC)CC.I. The summed E-state index contributed by atoms with van der Waals surface area (Å²) in [5.74, 6) is 0.691. The van der Waals surface area contributed by atoms with Crippen LogP contribution in [0.2, 0.25) is 0 Å². The molecule has 0 spiro atoms. The van der Waals surface area contributed by atoms with Crippen molar-refractivity contribution in [2.45, 2.75) is 27.3 Å². The van der Waals surface area contributed by atoms with Crippen molar-refractivity contribution >= 4 is 40.0 Å². The molecule has 0 aliphatic heterocycles.